The van der Waals surface area contributed by atoms with E-state index in [9.17, 15) is 43.6 Å². The van der Waals surface area contributed by atoms with Crippen molar-refractivity contribution in [3.05, 3.63) is 47.5 Å². The van der Waals surface area contributed by atoms with E-state index in [0.29, 0.717) is 12.1 Å². The Morgan fingerprint density at radius 3 is 1.86 bits per heavy atom. The SMILES string of the molecule is C[C@H](Oc1ccc(S(C)(=O)=O)cc1C(=O)N1CCN(c2c(F)cc(S(C)(=O)=O)cc2F)CC1)C(F)(F)F. The number of ether oxygens (including phenoxy) is 1. The van der Waals surface area contributed by atoms with Crippen LogP contribution in [0.1, 0.15) is 17.3 Å². The van der Waals surface area contributed by atoms with Crippen molar-refractivity contribution < 1.29 is 48.3 Å². The number of anilines is 1. The summed E-state index contributed by atoms with van der Waals surface area (Å²) in [6.45, 7) is 0.291. The molecule has 1 fully saturated rings. The molecule has 3 rings (SSSR count). The zero-order chi connectivity index (χ0) is 27.9. The summed E-state index contributed by atoms with van der Waals surface area (Å²) in [4.78, 5) is 14.8. The van der Waals surface area contributed by atoms with E-state index in [1.165, 1.54) is 9.80 Å². The Morgan fingerprint density at radius 2 is 1.41 bits per heavy atom. The second kappa shape index (κ2) is 10.1. The molecule has 1 heterocycles. The number of benzene rings is 2. The van der Waals surface area contributed by atoms with Crippen molar-refractivity contribution >= 4 is 31.3 Å². The number of carbonyl (C=O) groups excluding carboxylic acids is 1. The fourth-order valence-corrected chi connectivity index (χ4v) is 4.91. The molecular formula is C22H23F5N2O6S2. The fourth-order valence-electron chi connectivity index (χ4n) is 3.63. The lowest BCUT2D eigenvalue weighted by Gasteiger charge is -2.36. The smallest absolute Gasteiger partial charge is 0.425 e. The van der Waals surface area contributed by atoms with Gasteiger partial charge in [0.15, 0.2) is 37.4 Å². The van der Waals surface area contributed by atoms with Gasteiger partial charge >= 0.3 is 6.18 Å². The van der Waals surface area contributed by atoms with Gasteiger partial charge in [-0.2, -0.15) is 13.2 Å². The Bertz CT molecular complexity index is 1400. The quantitative estimate of drug-likeness (QED) is 0.492. The van der Waals surface area contributed by atoms with Crippen LogP contribution in [0, 0.1) is 11.6 Å². The third kappa shape index (κ3) is 6.50. The topological polar surface area (TPSA) is 101 Å². The average molecular weight is 571 g/mol. The Hall–Kier alpha value is -2.94. The summed E-state index contributed by atoms with van der Waals surface area (Å²) in [5, 5.41) is 0. The number of hydrogen-bond acceptors (Lipinski definition) is 7. The molecule has 0 unspecified atom stereocenters. The Labute approximate surface area is 210 Å². The minimum Gasteiger partial charge on any atom is -0.480 e. The number of amides is 1. The van der Waals surface area contributed by atoms with Gasteiger partial charge < -0.3 is 14.5 Å². The highest BCUT2D eigenvalue weighted by Gasteiger charge is 2.39. The highest BCUT2D eigenvalue weighted by atomic mass is 32.2. The lowest BCUT2D eigenvalue weighted by molar-refractivity contribution is -0.189. The summed E-state index contributed by atoms with van der Waals surface area (Å²) in [6, 6.07) is 4.29. The first-order valence-electron chi connectivity index (χ1n) is 10.7. The lowest BCUT2D eigenvalue weighted by atomic mass is 10.1. The number of rotatable bonds is 6. The molecule has 2 aromatic carbocycles. The van der Waals surface area contributed by atoms with E-state index in [2.05, 4.69) is 0 Å². The Kier molecular flexibility index (Phi) is 7.80. The van der Waals surface area contributed by atoms with E-state index in [-0.39, 0.29) is 31.1 Å². The summed E-state index contributed by atoms with van der Waals surface area (Å²) in [7, 11) is -7.67. The summed E-state index contributed by atoms with van der Waals surface area (Å²) in [6.07, 6.45) is -5.37. The maximum Gasteiger partial charge on any atom is 0.425 e. The van der Waals surface area contributed by atoms with Crippen LogP contribution in [-0.4, -0.2) is 78.6 Å². The highest BCUT2D eigenvalue weighted by Crippen LogP contribution is 2.31. The molecule has 0 bridgehead atoms. The van der Waals surface area contributed by atoms with E-state index >= 15 is 0 Å². The van der Waals surface area contributed by atoms with E-state index in [4.69, 9.17) is 4.74 Å². The second-order valence-corrected chi connectivity index (χ2v) is 12.6. The molecule has 2 aromatic rings. The molecular weight excluding hydrogens is 547 g/mol. The molecule has 37 heavy (non-hydrogen) atoms. The van der Waals surface area contributed by atoms with Gasteiger partial charge in [0.05, 0.1) is 15.4 Å². The van der Waals surface area contributed by atoms with Gasteiger partial charge in [-0.15, -0.1) is 0 Å². The maximum atomic E-state index is 14.6. The van der Waals surface area contributed by atoms with Crippen molar-refractivity contribution in [1.82, 2.24) is 4.90 Å². The molecule has 1 atom stereocenters. The van der Waals surface area contributed by atoms with Crippen molar-refractivity contribution in [3.8, 4) is 5.75 Å². The normalized spacial score (nSPS) is 16.0. The largest absolute Gasteiger partial charge is 0.480 e. The number of halogens is 5. The van der Waals surface area contributed by atoms with Crippen LogP contribution in [0.3, 0.4) is 0 Å². The van der Waals surface area contributed by atoms with Gasteiger partial charge in [0, 0.05) is 38.7 Å². The molecule has 0 N–H and O–H groups in total. The van der Waals surface area contributed by atoms with Gasteiger partial charge in [-0.05, 0) is 37.3 Å². The van der Waals surface area contributed by atoms with Crippen molar-refractivity contribution in [1.29, 1.82) is 0 Å². The van der Waals surface area contributed by atoms with Crippen LogP contribution in [0.4, 0.5) is 27.6 Å². The maximum absolute atomic E-state index is 14.6. The van der Waals surface area contributed by atoms with Crippen molar-refractivity contribution in [2.75, 3.05) is 43.6 Å². The predicted octanol–water partition coefficient (Wildman–Crippen LogP) is 3.06. The first-order valence-corrected chi connectivity index (χ1v) is 14.5. The van der Waals surface area contributed by atoms with Crippen LogP contribution in [0.25, 0.3) is 0 Å². The zero-order valence-corrected chi connectivity index (χ0v) is 21.5. The number of piperazine rings is 1. The first kappa shape index (κ1) is 28.6. The number of nitrogens with zero attached hydrogens (tertiary/aromatic N) is 2. The zero-order valence-electron chi connectivity index (χ0n) is 19.8. The number of carbonyl (C=O) groups is 1. The van der Waals surface area contributed by atoms with Gasteiger partial charge in [0.1, 0.15) is 11.4 Å². The molecule has 204 valence electrons. The van der Waals surface area contributed by atoms with Crippen LogP contribution in [0.5, 0.6) is 5.75 Å². The standard InChI is InChI=1S/C22H23F5N2O6S2/c1-13(22(25,26)27)35-19-5-4-14(36(2,31)32)10-16(19)21(30)29-8-6-28(7-9-29)20-17(23)11-15(12-18(20)24)37(3,33)34/h4-5,10-13H,6-9H2,1-3H3/t13-/m0/s1. The molecule has 0 aliphatic carbocycles. The number of hydrogen-bond donors (Lipinski definition) is 0. The third-order valence-corrected chi connectivity index (χ3v) is 7.88. The summed E-state index contributed by atoms with van der Waals surface area (Å²) in [5.74, 6) is -3.53. The van der Waals surface area contributed by atoms with E-state index in [1.54, 1.807) is 0 Å². The van der Waals surface area contributed by atoms with Crippen LogP contribution < -0.4 is 9.64 Å². The Morgan fingerprint density at radius 1 is 0.892 bits per heavy atom. The number of alkyl halides is 3. The van der Waals surface area contributed by atoms with Crippen molar-refractivity contribution in [3.63, 3.8) is 0 Å². The van der Waals surface area contributed by atoms with Gasteiger partial charge in [-0.3, -0.25) is 4.79 Å². The molecule has 0 aromatic heterocycles. The molecule has 8 nitrogen and oxygen atoms in total. The third-order valence-electron chi connectivity index (χ3n) is 5.68. The van der Waals surface area contributed by atoms with E-state index in [0.717, 1.165) is 37.6 Å². The predicted molar refractivity (Wildman–Crippen MR) is 123 cm³/mol. The van der Waals surface area contributed by atoms with Crippen molar-refractivity contribution in [2.24, 2.45) is 0 Å². The highest BCUT2D eigenvalue weighted by molar-refractivity contribution is 7.91. The minimum absolute atomic E-state index is 0.0985. The molecule has 15 heteroatoms. The van der Waals surface area contributed by atoms with Crippen molar-refractivity contribution in [2.45, 2.75) is 29.0 Å². The molecule has 1 saturated heterocycles. The van der Waals surface area contributed by atoms with Gasteiger partial charge in [-0.1, -0.05) is 0 Å². The van der Waals surface area contributed by atoms with Gasteiger partial charge in [-0.25, -0.2) is 25.6 Å². The first-order chi connectivity index (χ1) is 16.9. The minimum atomic E-state index is -4.75. The van der Waals surface area contributed by atoms with Crippen LogP contribution in [0.15, 0.2) is 40.1 Å². The van der Waals surface area contributed by atoms with Crippen LogP contribution >= 0.6 is 0 Å². The molecule has 0 spiro atoms. The molecule has 1 aliphatic rings. The molecule has 1 amide bonds. The fraction of sp³-hybridized carbons (Fsp3) is 0.409. The van der Waals surface area contributed by atoms with Crippen LogP contribution in [-0.2, 0) is 19.7 Å². The van der Waals surface area contributed by atoms with Gasteiger partial charge in [0.25, 0.3) is 5.91 Å². The Balaban J connectivity index is 1.87. The second-order valence-electron chi connectivity index (χ2n) is 8.52. The monoisotopic (exact) mass is 570 g/mol. The van der Waals surface area contributed by atoms with Gasteiger partial charge in [0.2, 0.25) is 0 Å². The van der Waals surface area contributed by atoms with Crippen LogP contribution in [0.2, 0.25) is 0 Å². The van der Waals surface area contributed by atoms with E-state index < -0.39 is 71.4 Å². The molecule has 0 radical (unpaired) electrons. The van der Waals surface area contributed by atoms with E-state index in [1.807, 2.05) is 0 Å². The average Bonchev–Trinajstić information content (AvgIpc) is 2.77. The summed E-state index contributed by atoms with van der Waals surface area (Å²) >= 11 is 0. The molecule has 1 aliphatic heterocycles. The molecule has 0 saturated carbocycles. The number of sulfone groups is 2. The summed E-state index contributed by atoms with van der Waals surface area (Å²) < 4.78 is 120. The summed E-state index contributed by atoms with van der Waals surface area (Å²) in [5.41, 5.74) is -0.899. The lowest BCUT2D eigenvalue weighted by Crippen LogP contribution is -2.49.